The molecule has 0 fully saturated rings. The summed E-state index contributed by atoms with van der Waals surface area (Å²) >= 11 is 0. The quantitative estimate of drug-likeness (QED) is 0.297. The molecule has 1 aliphatic rings. The Balaban J connectivity index is 1.67. The lowest BCUT2D eigenvalue weighted by molar-refractivity contribution is -0.124. The fourth-order valence-electron chi connectivity index (χ4n) is 3.30. The van der Waals surface area contributed by atoms with Gasteiger partial charge in [-0.05, 0) is 53.1 Å². The average molecular weight is 468 g/mol. The molecule has 1 aliphatic heterocycles. The van der Waals surface area contributed by atoms with E-state index >= 15 is 0 Å². The summed E-state index contributed by atoms with van der Waals surface area (Å²) in [4.78, 5) is 15.4. The van der Waals surface area contributed by atoms with Gasteiger partial charge in [0.05, 0.1) is 4.90 Å². The van der Waals surface area contributed by atoms with E-state index in [2.05, 4.69) is 4.98 Å². The number of amides is 1. The van der Waals surface area contributed by atoms with Crippen molar-refractivity contribution >= 4 is 22.0 Å². The van der Waals surface area contributed by atoms with Gasteiger partial charge in [-0.25, -0.2) is 13.9 Å². The molecule has 2 aromatic carbocycles. The Morgan fingerprint density at radius 2 is 1.88 bits per heavy atom. The van der Waals surface area contributed by atoms with Crippen LogP contribution in [0, 0.1) is 0 Å². The minimum absolute atomic E-state index is 0.0682. The molecule has 0 radical (unpaired) electrons. The zero-order valence-corrected chi connectivity index (χ0v) is 18.2. The Morgan fingerprint density at radius 1 is 1.06 bits per heavy atom. The zero-order valence-electron chi connectivity index (χ0n) is 17.4. The van der Waals surface area contributed by atoms with Gasteiger partial charge in [0, 0.05) is 31.6 Å². The number of hydroxylamine groups is 1. The minimum Gasteiger partial charge on any atom is -0.454 e. The van der Waals surface area contributed by atoms with Crippen molar-refractivity contribution in [2.24, 2.45) is 0 Å². The average Bonchev–Trinajstić information content (AvgIpc) is 3.31. The maximum atomic E-state index is 13.6. The van der Waals surface area contributed by atoms with E-state index in [4.69, 9.17) is 14.7 Å². The molecule has 0 atom stereocenters. The van der Waals surface area contributed by atoms with Crippen molar-refractivity contribution in [1.29, 1.82) is 0 Å². The second kappa shape index (κ2) is 9.82. The van der Waals surface area contributed by atoms with Crippen LogP contribution in [0.1, 0.15) is 16.7 Å². The maximum absolute atomic E-state index is 13.6. The van der Waals surface area contributed by atoms with Crippen molar-refractivity contribution in [1.82, 2.24) is 14.8 Å². The molecule has 1 amide bonds. The van der Waals surface area contributed by atoms with Crippen LogP contribution in [0.2, 0.25) is 0 Å². The number of benzene rings is 2. The molecule has 1 aromatic heterocycles. The molecule has 3 aromatic rings. The third kappa shape index (κ3) is 5.37. The van der Waals surface area contributed by atoms with E-state index in [0.29, 0.717) is 17.1 Å². The molecular formula is C23H21N3O6S. The number of ether oxygens (including phenoxy) is 2. The maximum Gasteiger partial charge on any atom is 0.267 e. The molecule has 0 aliphatic carbocycles. The third-order valence-electron chi connectivity index (χ3n) is 4.91. The van der Waals surface area contributed by atoms with Gasteiger partial charge in [-0.3, -0.25) is 15.0 Å². The first-order valence-electron chi connectivity index (χ1n) is 9.95. The summed E-state index contributed by atoms with van der Waals surface area (Å²) < 4.78 is 39.4. The highest BCUT2D eigenvalue weighted by atomic mass is 32.2. The van der Waals surface area contributed by atoms with E-state index in [0.717, 1.165) is 17.2 Å². The van der Waals surface area contributed by atoms with Crippen LogP contribution in [0.5, 0.6) is 11.5 Å². The van der Waals surface area contributed by atoms with Crippen LogP contribution < -0.4 is 15.0 Å². The fourth-order valence-corrected chi connectivity index (χ4v) is 4.77. The number of carbonyl (C=O) groups excluding carboxylic acids is 1. The Morgan fingerprint density at radius 3 is 2.67 bits per heavy atom. The van der Waals surface area contributed by atoms with Crippen molar-refractivity contribution in [3.05, 3.63) is 89.8 Å². The summed E-state index contributed by atoms with van der Waals surface area (Å²) in [7, 11) is -3.93. The molecule has 2 N–H and O–H groups in total. The first kappa shape index (κ1) is 22.5. The molecule has 170 valence electrons. The molecule has 4 rings (SSSR count). The number of nitrogens with one attached hydrogen (secondary N) is 1. The number of aromatic nitrogens is 1. The molecule has 33 heavy (non-hydrogen) atoms. The Kier molecular flexibility index (Phi) is 6.68. The van der Waals surface area contributed by atoms with Gasteiger partial charge >= 0.3 is 0 Å². The van der Waals surface area contributed by atoms with Gasteiger partial charge in [-0.2, -0.15) is 4.31 Å². The lowest BCUT2D eigenvalue weighted by Gasteiger charge is -2.23. The van der Waals surface area contributed by atoms with Crippen LogP contribution in [0.3, 0.4) is 0 Å². The molecular weight excluding hydrogens is 446 g/mol. The lowest BCUT2D eigenvalue weighted by Crippen LogP contribution is -2.30. The highest BCUT2D eigenvalue weighted by molar-refractivity contribution is 7.89. The third-order valence-corrected chi connectivity index (χ3v) is 6.70. The summed E-state index contributed by atoms with van der Waals surface area (Å²) in [5, 5.41) is 8.63. The predicted octanol–water partition coefficient (Wildman–Crippen LogP) is 2.72. The molecule has 0 saturated heterocycles. The van der Waals surface area contributed by atoms with E-state index in [1.54, 1.807) is 48.8 Å². The number of hydrogen-bond donors (Lipinski definition) is 2. The van der Waals surface area contributed by atoms with Gasteiger partial charge in [-0.1, -0.05) is 24.3 Å². The number of sulfonamides is 1. The van der Waals surface area contributed by atoms with Crippen LogP contribution in [0.15, 0.2) is 78.0 Å². The molecule has 0 unspecified atom stereocenters. The number of nitrogens with zero attached hydrogens (tertiary/aromatic N) is 2. The van der Waals surface area contributed by atoms with Gasteiger partial charge in [0.1, 0.15) is 0 Å². The highest BCUT2D eigenvalue weighted by Crippen LogP contribution is 2.33. The molecule has 2 heterocycles. The van der Waals surface area contributed by atoms with Gasteiger partial charge in [-0.15, -0.1) is 0 Å². The van der Waals surface area contributed by atoms with Crippen molar-refractivity contribution in [3.8, 4) is 11.5 Å². The second-order valence-corrected chi connectivity index (χ2v) is 9.14. The highest BCUT2D eigenvalue weighted by Gasteiger charge is 2.26. The number of rotatable bonds is 8. The van der Waals surface area contributed by atoms with Crippen molar-refractivity contribution in [3.63, 3.8) is 0 Å². The van der Waals surface area contributed by atoms with Crippen molar-refractivity contribution in [2.45, 2.75) is 18.0 Å². The molecule has 0 bridgehead atoms. The molecule has 0 saturated carbocycles. The van der Waals surface area contributed by atoms with Crippen molar-refractivity contribution in [2.75, 3.05) is 6.79 Å². The molecule has 9 nitrogen and oxygen atoms in total. The van der Waals surface area contributed by atoms with E-state index in [1.165, 1.54) is 28.0 Å². The SMILES string of the molecule is O=C(/C=C/c1cccc(S(=O)(=O)N(Cc2cccnc2)Cc2ccc3c(c2)OCO3)c1)NO. The fraction of sp³-hybridized carbons (Fsp3) is 0.130. The summed E-state index contributed by atoms with van der Waals surface area (Å²) in [5.41, 5.74) is 3.46. The molecule has 0 spiro atoms. The van der Waals surface area contributed by atoms with Gasteiger partial charge in [0.2, 0.25) is 16.8 Å². The van der Waals surface area contributed by atoms with E-state index < -0.39 is 15.9 Å². The summed E-state index contributed by atoms with van der Waals surface area (Å²) in [6, 6.07) is 15.1. The normalized spacial score (nSPS) is 12.9. The van der Waals surface area contributed by atoms with E-state index in [-0.39, 0.29) is 24.8 Å². The van der Waals surface area contributed by atoms with E-state index in [9.17, 15) is 13.2 Å². The van der Waals surface area contributed by atoms with Gasteiger partial charge in [0.25, 0.3) is 5.91 Å². The van der Waals surface area contributed by atoms with Crippen LogP contribution in [0.25, 0.3) is 6.08 Å². The van der Waals surface area contributed by atoms with E-state index in [1.807, 2.05) is 6.07 Å². The molecule has 10 heteroatoms. The monoisotopic (exact) mass is 467 g/mol. The number of carbonyl (C=O) groups is 1. The second-order valence-electron chi connectivity index (χ2n) is 7.20. The van der Waals surface area contributed by atoms with Gasteiger partial charge < -0.3 is 9.47 Å². The predicted molar refractivity (Wildman–Crippen MR) is 119 cm³/mol. The lowest BCUT2D eigenvalue weighted by atomic mass is 10.2. The smallest absolute Gasteiger partial charge is 0.267 e. The van der Waals surface area contributed by atoms with Gasteiger partial charge in [0.15, 0.2) is 11.5 Å². The number of fused-ring (bicyclic) bond motifs is 1. The first-order valence-corrected chi connectivity index (χ1v) is 11.4. The summed E-state index contributed by atoms with van der Waals surface area (Å²) in [6.45, 7) is 0.337. The minimum atomic E-state index is -3.93. The van der Waals surface area contributed by atoms with Crippen LogP contribution in [-0.2, 0) is 27.9 Å². The Labute approximate surface area is 190 Å². The van der Waals surface area contributed by atoms with Crippen LogP contribution in [-0.4, -0.2) is 35.6 Å². The largest absolute Gasteiger partial charge is 0.454 e. The standard InChI is InChI=1S/C23H21N3O6S/c27-23(25-28)9-7-17-3-1-5-20(11-17)33(29,30)26(15-19-4-2-10-24-13-19)14-18-6-8-21-22(12-18)32-16-31-21/h1-13,28H,14-16H2,(H,25,27)/b9-7+. The van der Waals surface area contributed by atoms with Crippen molar-refractivity contribution < 1.29 is 27.9 Å². The summed E-state index contributed by atoms with van der Waals surface area (Å²) in [5.74, 6) is 0.469. The van der Waals surface area contributed by atoms with Crippen LogP contribution in [0.4, 0.5) is 0 Å². The first-order chi connectivity index (χ1) is 16.0. The topological polar surface area (TPSA) is 118 Å². The Bertz CT molecular complexity index is 1280. The zero-order chi connectivity index (χ0) is 23.3. The van der Waals surface area contributed by atoms with Crippen LogP contribution >= 0.6 is 0 Å². The number of hydrogen-bond acceptors (Lipinski definition) is 7. The summed E-state index contributed by atoms with van der Waals surface area (Å²) in [6.07, 6.45) is 5.76. The number of pyridine rings is 1. The Hall–Kier alpha value is -3.73.